The van der Waals surface area contributed by atoms with Gasteiger partial charge in [-0.25, -0.2) is 4.99 Å². The average molecular weight is 193 g/mol. The van der Waals surface area contributed by atoms with E-state index in [4.69, 9.17) is 5.73 Å². The molecule has 14 heavy (non-hydrogen) atoms. The lowest BCUT2D eigenvalue weighted by atomic mass is 9.94. The molecular weight excluding hydrogens is 178 g/mol. The monoisotopic (exact) mass is 193 g/mol. The third kappa shape index (κ3) is 1.31. The van der Waals surface area contributed by atoms with Crippen molar-refractivity contribution in [2.24, 2.45) is 10.7 Å². The van der Waals surface area contributed by atoms with Gasteiger partial charge in [0.25, 0.3) is 0 Å². The zero-order valence-corrected chi connectivity index (χ0v) is 8.15. The second kappa shape index (κ2) is 3.44. The van der Waals surface area contributed by atoms with Gasteiger partial charge in [-0.3, -0.25) is 4.79 Å². The van der Waals surface area contributed by atoms with Crippen molar-refractivity contribution in [3.8, 4) is 0 Å². The van der Waals surface area contributed by atoms with Crippen LogP contribution in [-0.4, -0.2) is 29.2 Å². The van der Waals surface area contributed by atoms with Gasteiger partial charge >= 0.3 is 0 Å². The Hall–Kier alpha value is -1.32. The van der Waals surface area contributed by atoms with Gasteiger partial charge in [-0.2, -0.15) is 0 Å². The fraction of sp³-hybridized carbons (Fsp3) is 0.600. The standard InChI is InChI=1S/C10H15N3O/c11-9(14)10(4-1-2-5-10)13-7-3-6-12-8-13/h3,6,8H,1-2,4-5,7H2,(H2,11,14). The SMILES string of the molecule is NC(=O)C1(N2C=NC=CC2)CCCC1. The molecule has 1 aliphatic carbocycles. The largest absolute Gasteiger partial charge is 0.368 e. The molecule has 0 saturated heterocycles. The lowest BCUT2D eigenvalue weighted by molar-refractivity contribution is -0.127. The summed E-state index contributed by atoms with van der Waals surface area (Å²) in [5.41, 5.74) is 5.03. The molecule has 0 aromatic heterocycles. The van der Waals surface area contributed by atoms with Gasteiger partial charge in [0, 0.05) is 12.7 Å². The van der Waals surface area contributed by atoms with E-state index >= 15 is 0 Å². The minimum Gasteiger partial charge on any atom is -0.368 e. The number of hydrogen-bond donors (Lipinski definition) is 1. The number of hydrogen-bond acceptors (Lipinski definition) is 3. The molecule has 0 spiro atoms. The van der Waals surface area contributed by atoms with E-state index < -0.39 is 5.54 Å². The van der Waals surface area contributed by atoms with Gasteiger partial charge in [-0.15, -0.1) is 0 Å². The Morgan fingerprint density at radius 3 is 2.64 bits per heavy atom. The van der Waals surface area contributed by atoms with Crippen LogP contribution in [0.4, 0.5) is 0 Å². The average Bonchev–Trinajstić information content (AvgIpc) is 2.69. The highest BCUT2D eigenvalue weighted by molar-refractivity contribution is 5.87. The molecule has 1 amide bonds. The number of nitrogens with zero attached hydrogens (tertiary/aromatic N) is 2. The molecule has 4 nitrogen and oxygen atoms in total. The number of carbonyl (C=O) groups is 1. The van der Waals surface area contributed by atoms with Crippen molar-refractivity contribution in [3.63, 3.8) is 0 Å². The van der Waals surface area contributed by atoms with E-state index in [0.717, 1.165) is 32.2 Å². The fourth-order valence-electron chi connectivity index (χ4n) is 2.31. The van der Waals surface area contributed by atoms with Gasteiger partial charge < -0.3 is 10.6 Å². The van der Waals surface area contributed by atoms with E-state index in [1.807, 2.05) is 11.0 Å². The van der Waals surface area contributed by atoms with E-state index in [0.29, 0.717) is 0 Å². The van der Waals surface area contributed by atoms with E-state index in [1.54, 1.807) is 12.5 Å². The van der Waals surface area contributed by atoms with Crippen LogP contribution in [-0.2, 0) is 4.79 Å². The second-order valence-corrected chi connectivity index (χ2v) is 3.90. The van der Waals surface area contributed by atoms with Crippen LogP contribution in [0.25, 0.3) is 0 Å². The van der Waals surface area contributed by atoms with Crippen molar-refractivity contribution in [3.05, 3.63) is 12.3 Å². The van der Waals surface area contributed by atoms with E-state index in [-0.39, 0.29) is 5.91 Å². The summed E-state index contributed by atoms with van der Waals surface area (Å²) in [4.78, 5) is 17.5. The summed E-state index contributed by atoms with van der Waals surface area (Å²) in [6.45, 7) is 0.742. The summed E-state index contributed by atoms with van der Waals surface area (Å²) in [7, 11) is 0. The summed E-state index contributed by atoms with van der Waals surface area (Å²) >= 11 is 0. The van der Waals surface area contributed by atoms with E-state index in [9.17, 15) is 4.79 Å². The lowest BCUT2D eigenvalue weighted by Gasteiger charge is -2.37. The van der Waals surface area contributed by atoms with Crippen molar-refractivity contribution in [2.75, 3.05) is 6.54 Å². The van der Waals surface area contributed by atoms with Gasteiger partial charge in [-0.1, -0.05) is 12.8 Å². The maximum absolute atomic E-state index is 11.5. The highest BCUT2D eigenvalue weighted by atomic mass is 16.1. The van der Waals surface area contributed by atoms with Gasteiger partial charge in [0.1, 0.15) is 5.54 Å². The van der Waals surface area contributed by atoms with Crippen LogP contribution >= 0.6 is 0 Å². The molecule has 2 rings (SSSR count). The maximum atomic E-state index is 11.5. The Labute approximate surface area is 83.5 Å². The molecule has 2 aliphatic rings. The Balaban J connectivity index is 2.22. The predicted octanol–water partition coefficient (Wildman–Crippen LogP) is 0.642. The molecule has 1 saturated carbocycles. The summed E-state index contributed by atoms with van der Waals surface area (Å²) in [5.74, 6) is -0.211. The van der Waals surface area contributed by atoms with Crippen LogP contribution in [0.15, 0.2) is 17.3 Å². The zero-order valence-electron chi connectivity index (χ0n) is 8.15. The predicted molar refractivity (Wildman–Crippen MR) is 54.7 cm³/mol. The van der Waals surface area contributed by atoms with Crippen LogP contribution in [0.1, 0.15) is 25.7 Å². The van der Waals surface area contributed by atoms with Crippen molar-refractivity contribution < 1.29 is 4.79 Å². The van der Waals surface area contributed by atoms with Crippen LogP contribution in [0, 0.1) is 0 Å². The first-order valence-electron chi connectivity index (χ1n) is 5.01. The third-order valence-corrected chi connectivity index (χ3v) is 3.14. The van der Waals surface area contributed by atoms with Crippen molar-refractivity contribution >= 4 is 12.2 Å². The smallest absolute Gasteiger partial charge is 0.243 e. The summed E-state index contributed by atoms with van der Waals surface area (Å²) in [5, 5.41) is 0. The van der Waals surface area contributed by atoms with E-state index in [2.05, 4.69) is 4.99 Å². The maximum Gasteiger partial charge on any atom is 0.243 e. The molecule has 2 N–H and O–H groups in total. The van der Waals surface area contributed by atoms with Crippen LogP contribution in [0.3, 0.4) is 0 Å². The van der Waals surface area contributed by atoms with Gasteiger partial charge in [0.15, 0.2) is 0 Å². The molecule has 1 heterocycles. The topological polar surface area (TPSA) is 58.7 Å². The highest BCUT2D eigenvalue weighted by Gasteiger charge is 2.43. The quantitative estimate of drug-likeness (QED) is 0.699. The highest BCUT2D eigenvalue weighted by Crippen LogP contribution is 2.34. The molecule has 1 aliphatic heterocycles. The van der Waals surface area contributed by atoms with Crippen LogP contribution in [0.5, 0.6) is 0 Å². The number of aliphatic imine (C=N–C) groups is 1. The molecule has 0 bridgehead atoms. The minimum absolute atomic E-state index is 0.211. The Morgan fingerprint density at radius 2 is 2.14 bits per heavy atom. The van der Waals surface area contributed by atoms with Gasteiger partial charge in [0.2, 0.25) is 5.91 Å². The van der Waals surface area contributed by atoms with E-state index in [1.165, 1.54) is 0 Å². The number of nitrogens with two attached hydrogens (primary N) is 1. The molecule has 0 unspecified atom stereocenters. The second-order valence-electron chi connectivity index (χ2n) is 3.90. The molecule has 76 valence electrons. The first kappa shape index (κ1) is 9.24. The summed E-state index contributed by atoms with van der Waals surface area (Å²) in [6.07, 6.45) is 9.32. The number of carbonyl (C=O) groups excluding carboxylic acids is 1. The van der Waals surface area contributed by atoms with Crippen molar-refractivity contribution in [2.45, 2.75) is 31.2 Å². The molecule has 4 heteroatoms. The van der Waals surface area contributed by atoms with Gasteiger partial charge in [0.05, 0.1) is 6.34 Å². The lowest BCUT2D eigenvalue weighted by Crippen LogP contribution is -2.55. The molecular formula is C10H15N3O. The van der Waals surface area contributed by atoms with Crippen molar-refractivity contribution in [1.82, 2.24) is 4.90 Å². The van der Waals surface area contributed by atoms with Crippen LogP contribution in [0.2, 0.25) is 0 Å². The first-order valence-corrected chi connectivity index (χ1v) is 5.01. The Morgan fingerprint density at radius 1 is 1.43 bits per heavy atom. The molecule has 1 fully saturated rings. The normalized spacial score (nSPS) is 24.1. The third-order valence-electron chi connectivity index (χ3n) is 3.14. The summed E-state index contributed by atoms with van der Waals surface area (Å²) < 4.78 is 0. The van der Waals surface area contributed by atoms with Crippen molar-refractivity contribution in [1.29, 1.82) is 0 Å². The number of rotatable bonds is 2. The van der Waals surface area contributed by atoms with Crippen LogP contribution < -0.4 is 5.73 Å². The molecule has 0 atom stereocenters. The number of amides is 1. The summed E-state index contributed by atoms with van der Waals surface area (Å²) in [6, 6.07) is 0. The minimum atomic E-state index is -0.464. The molecule has 0 aromatic carbocycles. The molecule has 0 radical (unpaired) electrons. The Bertz CT molecular complexity index is 290. The Kier molecular flexibility index (Phi) is 2.27. The van der Waals surface area contributed by atoms with Gasteiger partial charge in [-0.05, 0) is 18.9 Å². The molecule has 0 aromatic rings. The first-order chi connectivity index (χ1) is 6.76. The fourth-order valence-corrected chi connectivity index (χ4v) is 2.31. The number of primary amides is 1. The zero-order chi connectivity index (χ0) is 10.0.